The highest BCUT2D eigenvalue weighted by Gasteiger charge is 2.07. The first-order chi connectivity index (χ1) is 5.04. The Hall–Kier alpha value is 0.0500. The van der Waals surface area contributed by atoms with Gasteiger partial charge < -0.3 is 5.11 Å². The van der Waals surface area contributed by atoms with Crippen LogP contribution in [0.25, 0.3) is 0 Å². The van der Waals surface area contributed by atoms with Crippen molar-refractivity contribution in [2.45, 2.75) is 38.5 Å². The minimum absolute atomic E-state index is 0.204. The van der Waals surface area contributed by atoms with E-state index in [2.05, 4.69) is 6.58 Å². The first-order valence-corrected chi connectivity index (χ1v) is 5.03. The van der Waals surface area contributed by atoms with Gasteiger partial charge in [0.05, 0.1) is 6.10 Å². The molecular weight excluding hydrogens is 156 g/mol. The van der Waals surface area contributed by atoms with Gasteiger partial charge in [0.25, 0.3) is 0 Å². The van der Waals surface area contributed by atoms with E-state index in [9.17, 15) is 0 Å². The van der Waals surface area contributed by atoms with Crippen LogP contribution < -0.4 is 0 Å². The highest BCUT2D eigenvalue weighted by Crippen LogP contribution is 2.16. The molecule has 0 aromatic carbocycles. The molecule has 0 radical (unpaired) electrons. The summed E-state index contributed by atoms with van der Waals surface area (Å²) in [4.78, 5) is 0. The number of allylic oxidation sites excluding steroid dienone is 1. The minimum atomic E-state index is -0.204. The number of thioether (sulfide) groups is 1. The Bertz CT molecular complexity index is 121. The quantitative estimate of drug-likeness (QED) is 0.646. The third kappa shape index (κ3) is 6.45. The predicted molar refractivity (Wildman–Crippen MR) is 53.0 cm³/mol. The molecule has 0 aromatic heterocycles. The maximum atomic E-state index is 9.14. The van der Waals surface area contributed by atoms with Crippen molar-refractivity contribution in [1.82, 2.24) is 0 Å². The summed E-state index contributed by atoms with van der Waals surface area (Å²) in [5.41, 5.74) is 1.22. The van der Waals surface area contributed by atoms with E-state index >= 15 is 0 Å². The van der Waals surface area contributed by atoms with Gasteiger partial charge in [0.2, 0.25) is 0 Å². The summed E-state index contributed by atoms with van der Waals surface area (Å²) in [6, 6.07) is 0. The first-order valence-electron chi connectivity index (χ1n) is 3.98. The zero-order valence-corrected chi connectivity index (χ0v) is 8.45. The third-order valence-corrected chi connectivity index (χ3v) is 2.95. The van der Waals surface area contributed by atoms with Gasteiger partial charge in [0.15, 0.2) is 0 Å². The molecule has 1 nitrogen and oxygen atoms in total. The molecule has 0 spiro atoms. The second-order valence-corrected chi connectivity index (χ2v) is 4.51. The molecule has 0 aliphatic heterocycles. The molecule has 0 aromatic rings. The molecule has 66 valence electrons. The molecule has 2 unspecified atom stereocenters. The summed E-state index contributed by atoms with van der Waals surface area (Å²) in [6.07, 6.45) is 0.854. The Balaban J connectivity index is 3.31. The second-order valence-electron chi connectivity index (χ2n) is 3.02. The van der Waals surface area contributed by atoms with Crippen LogP contribution in [0.3, 0.4) is 0 Å². The molecule has 0 fully saturated rings. The Morgan fingerprint density at radius 3 is 2.45 bits per heavy atom. The van der Waals surface area contributed by atoms with Crippen LogP contribution in [0.1, 0.15) is 27.2 Å². The largest absolute Gasteiger partial charge is 0.392 e. The number of aliphatic hydroxyl groups excluding tert-OH is 1. The van der Waals surface area contributed by atoms with E-state index in [1.165, 1.54) is 5.57 Å². The molecule has 2 atom stereocenters. The lowest BCUT2D eigenvalue weighted by molar-refractivity contribution is 0.196. The third-order valence-electron chi connectivity index (χ3n) is 1.59. The summed E-state index contributed by atoms with van der Waals surface area (Å²) in [6.45, 7) is 9.74. The molecule has 2 heteroatoms. The molecule has 0 saturated heterocycles. The fourth-order valence-corrected chi connectivity index (χ4v) is 1.67. The Labute approximate surface area is 73.9 Å². The van der Waals surface area contributed by atoms with Gasteiger partial charge in [0, 0.05) is 5.25 Å². The van der Waals surface area contributed by atoms with Crippen molar-refractivity contribution in [2.24, 2.45) is 0 Å². The zero-order valence-electron chi connectivity index (χ0n) is 7.63. The summed E-state index contributed by atoms with van der Waals surface area (Å²) >= 11 is 1.80. The van der Waals surface area contributed by atoms with Gasteiger partial charge in [-0.25, -0.2) is 0 Å². The van der Waals surface area contributed by atoms with Crippen LogP contribution in [0, 0.1) is 0 Å². The average molecular weight is 174 g/mol. The van der Waals surface area contributed by atoms with Crippen molar-refractivity contribution >= 4 is 11.8 Å². The summed E-state index contributed by atoms with van der Waals surface area (Å²) in [5, 5.41) is 9.48. The lowest BCUT2D eigenvalue weighted by Crippen LogP contribution is -2.15. The lowest BCUT2D eigenvalue weighted by Gasteiger charge is -2.13. The van der Waals surface area contributed by atoms with Crippen LogP contribution >= 0.6 is 11.8 Å². The van der Waals surface area contributed by atoms with E-state index in [1.807, 2.05) is 20.8 Å². The fraction of sp³-hybridized carbons (Fsp3) is 0.778. The molecule has 0 aliphatic carbocycles. The van der Waals surface area contributed by atoms with Crippen molar-refractivity contribution in [3.63, 3.8) is 0 Å². The monoisotopic (exact) mass is 174 g/mol. The summed E-state index contributed by atoms with van der Waals surface area (Å²) in [7, 11) is 0. The first kappa shape index (κ1) is 11.1. The summed E-state index contributed by atoms with van der Waals surface area (Å²) in [5.74, 6) is 1.07. The van der Waals surface area contributed by atoms with E-state index < -0.39 is 0 Å². The number of hydrogen-bond donors (Lipinski definition) is 1. The molecule has 1 N–H and O–H groups in total. The van der Waals surface area contributed by atoms with Crippen LogP contribution in [0.5, 0.6) is 0 Å². The number of hydrogen-bond acceptors (Lipinski definition) is 2. The topological polar surface area (TPSA) is 20.2 Å². The van der Waals surface area contributed by atoms with Crippen LogP contribution in [0.2, 0.25) is 0 Å². The van der Waals surface area contributed by atoms with Crippen LogP contribution in [-0.4, -0.2) is 22.2 Å². The van der Waals surface area contributed by atoms with Crippen LogP contribution in [0.15, 0.2) is 12.2 Å². The van der Waals surface area contributed by atoms with Gasteiger partial charge >= 0.3 is 0 Å². The molecule has 0 amide bonds. The molecule has 0 bridgehead atoms. The Kier molecular flexibility index (Phi) is 5.69. The number of aliphatic hydroxyl groups is 1. The van der Waals surface area contributed by atoms with Gasteiger partial charge in [-0.05, 0) is 26.0 Å². The van der Waals surface area contributed by atoms with Crippen molar-refractivity contribution in [3.05, 3.63) is 12.2 Å². The van der Waals surface area contributed by atoms with E-state index in [-0.39, 0.29) is 6.10 Å². The highest BCUT2D eigenvalue weighted by molar-refractivity contribution is 7.99. The Morgan fingerprint density at radius 1 is 1.55 bits per heavy atom. The van der Waals surface area contributed by atoms with Crippen LogP contribution in [0.4, 0.5) is 0 Å². The Morgan fingerprint density at radius 2 is 2.09 bits per heavy atom. The van der Waals surface area contributed by atoms with E-state index in [0.717, 1.165) is 12.2 Å². The molecule has 11 heavy (non-hydrogen) atoms. The minimum Gasteiger partial charge on any atom is -0.392 e. The molecular formula is C9H18OS. The van der Waals surface area contributed by atoms with Gasteiger partial charge in [-0.3, -0.25) is 0 Å². The van der Waals surface area contributed by atoms with Crippen LogP contribution in [-0.2, 0) is 0 Å². The molecule has 0 aliphatic rings. The lowest BCUT2D eigenvalue weighted by atomic mass is 10.3. The van der Waals surface area contributed by atoms with Gasteiger partial charge in [0.1, 0.15) is 0 Å². The standard InChI is InChI=1S/C9H18OS/c1-7(2)5-6-11-9(4)8(3)10/h8-10H,1,5-6H2,2-4H3. The second kappa shape index (κ2) is 5.67. The maximum Gasteiger partial charge on any atom is 0.0627 e. The maximum absolute atomic E-state index is 9.14. The summed E-state index contributed by atoms with van der Waals surface area (Å²) < 4.78 is 0. The van der Waals surface area contributed by atoms with Crippen molar-refractivity contribution in [2.75, 3.05) is 5.75 Å². The molecule has 0 saturated carbocycles. The zero-order chi connectivity index (χ0) is 8.85. The highest BCUT2D eigenvalue weighted by atomic mass is 32.2. The molecule has 0 heterocycles. The van der Waals surface area contributed by atoms with Crippen molar-refractivity contribution in [3.8, 4) is 0 Å². The van der Waals surface area contributed by atoms with E-state index in [1.54, 1.807) is 11.8 Å². The predicted octanol–water partition coefficient (Wildman–Crippen LogP) is 2.46. The molecule has 0 rings (SSSR count). The normalized spacial score (nSPS) is 16.0. The fourth-order valence-electron chi connectivity index (χ4n) is 0.558. The van der Waals surface area contributed by atoms with E-state index in [0.29, 0.717) is 5.25 Å². The van der Waals surface area contributed by atoms with Gasteiger partial charge in [-0.15, -0.1) is 6.58 Å². The van der Waals surface area contributed by atoms with Gasteiger partial charge in [-0.2, -0.15) is 11.8 Å². The van der Waals surface area contributed by atoms with E-state index in [4.69, 9.17) is 5.11 Å². The average Bonchev–Trinajstić information content (AvgIpc) is 1.86. The van der Waals surface area contributed by atoms with Crippen molar-refractivity contribution in [1.29, 1.82) is 0 Å². The smallest absolute Gasteiger partial charge is 0.0627 e. The SMILES string of the molecule is C=C(C)CCSC(C)C(C)O. The van der Waals surface area contributed by atoms with Crippen molar-refractivity contribution < 1.29 is 5.11 Å². The van der Waals surface area contributed by atoms with Gasteiger partial charge in [-0.1, -0.05) is 12.5 Å². The number of rotatable bonds is 5.